The number of aryl methyl sites for hydroxylation is 1. The first-order chi connectivity index (χ1) is 9.08. The molecule has 0 bridgehead atoms. The summed E-state index contributed by atoms with van der Waals surface area (Å²) in [6.07, 6.45) is 1.41. The molecular weight excluding hydrogens is 324 g/mol. The number of hydrogen-bond donors (Lipinski definition) is 0. The van der Waals surface area contributed by atoms with E-state index >= 15 is 0 Å². The van der Waals surface area contributed by atoms with E-state index in [0.29, 0.717) is 17.0 Å². The number of rotatable bonds is 4. The monoisotopic (exact) mass is 336 g/mol. The summed E-state index contributed by atoms with van der Waals surface area (Å²) in [5.41, 5.74) is 2.94. The molecule has 0 N–H and O–H groups in total. The van der Waals surface area contributed by atoms with Gasteiger partial charge in [-0.25, -0.2) is 0 Å². The highest BCUT2D eigenvalue weighted by atomic mass is 79.9. The fraction of sp³-hybridized carbons (Fsp3) is 0.188. The van der Waals surface area contributed by atoms with Gasteiger partial charge in [0.2, 0.25) is 0 Å². The molecule has 0 unspecified atom stereocenters. The zero-order chi connectivity index (χ0) is 13.8. The standard InChI is InChI=1S/C16H14BrClO/c1-2-11-3-5-12(6-4-11)7-16(19)13-8-14(17)10-15(18)9-13/h3-6,8-10H,2,7H2,1H3. The molecule has 0 aliphatic carbocycles. The lowest BCUT2D eigenvalue weighted by atomic mass is 10.0. The summed E-state index contributed by atoms with van der Waals surface area (Å²) in [5, 5.41) is 0.569. The Bertz CT molecular complexity index is 570. The second kappa shape index (κ2) is 6.36. The molecule has 0 spiro atoms. The second-order valence-electron chi connectivity index (χ2n) is 4.43. The molecule has 2 rings (SSSR count). The molecule has 0 aromatic heterocycles. The van der Waals surface area contributed by atoms with Crippen LogP contribution in [0.2, 0.25) is 5.02 Å². The minimum Gasteiger partial charge on any atom is -0.294 e. The van der Waals surface area contributed by atoms with Crippen molar-refractivity contribution in [2.75, 3.05) is 0 Å². The minimum absolute atomic E-state index is 0.0763. The van der Waals surface area contributed by atoms with Crippen molar-refractivity contribution in [3.63, 3.8) is 0 Å². The van der Waals surface area contributed by atoms with Gasteiger partial charge in [0, 0.05) is 21.5 Å². The average Bonchev–Trinajstić information content (AvgIpc) is 2.38. The van der Waals surface area contributed by atoms with Gasteiger partial charge in [-0.05, 0) is 35.7 Å². The Morgan fingerprint density at radius 3 is 2.32 bits per heavy atom. The number of hydrogen-bond acceptors (Lipinski definition) is 1. The first-order valence-electron chi connectivity index (χ1n) is 6.15. The summed E-state index contributed by atoms with van der Waals surface area (Å²) >= 11 is 9.30. The van der Waals surface area contributed by atoms with E-state index in [0.717, 1.165) is 16.5 Å². The maximum absolute atomic E-state index is 12.2. The smallest absolute Gasteiger partial charge is 0.167 e. The van der Waals surface area contributed by atoms with Crippen LogP contribution in [0, 0.1) is 0 Å². The first-order valence-corrected chi connectivity index (χ1v) is 7.32. The van der Waals surface area contributed by atoms with Crippen molar-refractivity contribution in [3.05, 3.63) is 68.7 Å². The van der Waals surface area contributed by atoms with Crippen molar-refractivity contribution >= 4 is 33.3 Å². The average molecular weight is 338 g/mol. The molecule has 0 amide bonds. The van der Waals surface area contributed by atoms with Crippen LogP contribution in [0.3, 0.4) is 0 Å². The number of carbonyl (C=O) groups is 1. The molecular formula is C16H14BrClO. The van der Waals surface area contributed by atoms with Crippen LogP contribution in [0.25, 0.3) is 0 Å². The van der Waals surface area contributed by atoms with Crippen LogP contribution in [-0.2, 0) is 12.8 Å². The van der Waals surface area contributed by atoms with Gasteiger partial charge in [0.25, 0.3) is 0 Å². The summed E-state index contributed by atoms with van der Waals surface area (Å²) in [4.78, 5) is 12.2. The summed E-state index contributed by atoms with van der Waals surface area (Å²) in [7, 11) is 0. The highest BCUT2D eigenvalue weighted by Gasteiger charge is 2.09. The van der Waals surface area contributed by atoms with Crippen LogP contribution < -0.4 is 0 Å². The third kappa shape index (κ3) is 3.92. The maximum Gasteiger partial charge on any atom is 0.167 e. The number of ketones is 1. The fourth-order valence-corrected chi connectivity index (χ4v) is 2.76. The predicted molar refractivity (Wildman–Crippen MR) is 83.0 cm³/mol. The lowest BCUT2D eigenvalue weighted by Crippen LogP contribution is -2.03. The van der Waals surface area contributed by atoms with Gasteiger partial charge in [0.1, 0.15) is 0 Å². The van der Waals surface area contributed by atoms with Crippen LogP contribution in [-0.4, -0.2) is 5.78 Å². The molecule has 0 fully saturated rings. The van der Waals surface area contributed by atoms with Gasteiger partial charge in [-0.15, -0.1) is 0 Å². The van der Waals surface area contributed by atoms with Crippen molar-refractivity contribution in [2.45, 2.75) is 19.8 Å². The van der Waals surface area contributed by atoms with Crippen molar-refractivity contribution < 1.29 is 4.79 Å². The van der Waals surface area contributed by atoms with E-state index in [-0.39, 0.29) is 5.78 Å². The SMILES string of the molecule is CCc1ccc(CC(=O)c2cc(Cl)cc(Br)c2)cc1. The van der Waals surface area contributed by atoms with Gasteiger partial charge in [-0.2, -0.15) is 0 Å². The van der Waals surface area contributed by atoms with Gasteiger partial charge in [0.15, 0.2) is 5.78 Å². The highest BCUT2D eigenvalue weighted by molar-refractivity contribution is 9.10. The molecule has 0 aliphatic heterocycles. The minimum atomic E-state index is 0.0763. The van der Waals surface area contributed by atoms with E-state index in [4.69, 9.17) is 11.6 Å². The van der Waals surface area contributed by atoms with E-state index in [2.05, 4.69) is 35.0 Å². The molecule has 1 nitrogen and oxygen atoms in total. The van der Waals surface area contributed by atoms with Crippen LogP contribution in [0.4, 0.5) is 0 Å². The third-order valence-corrected chi connectivity index (χ3v) is 3.66. The van der Waals surface area contributed by atoms with Gasteiger partial charge in [-0.1, -0.05) is 58.7 Å². The van der Waals surface area contributed by atoms with E-state index in [1.165, 1.54) is 5.56 Å². The topological polar surface area (TPSA) is 17.1 Å². The molecule has 2 aromatic rings. The van der Waals surface area contributed by atoms with Gasteiger partial charge in [-0.3, -0.25) is 4.79 Å². The van der Waals surface area contributed by atoms with Crippen LogP contribution >= 0.6 is 27.5 Å². The van der Waals surface area contributed by atoms with Crippen molar-refractivity contribution in [2.24, 2.45) is 0 Å². The normalized spacial score (nSPS) is 10.5. The molecule has 0 saturated carbocycles. The van der Waals surface area contributed by atoms with Crippen LogP contribution in [0.1, 0.15) is 28.4 Å². The van der Waals surface area contributed by atoms with Crippen LogP contribution in [0.5, 0.6) is 0 Å². The van der Waals surface area contributed by atoms with Crippen molar-refractivity contribution in [1.82, 2.24) is 0 Å². The van der Waals surface area contributed by atoms with Crippen molar-refractivity contribution in [1.29, 1.82) is 0 Å². The Hall–Kier alpha value is -1.12. The quantitative estimate of drug-likeness (QED) is 0.710. The third-order valence-electron chi connectivity index (χ3n) is 2.98. The molecule has 2 aromatic carbocycles. The number of benzene rings is 2. The molecule has 0 aliphatic rings. The maximum atomic E-state index is 12.2. The summed E-state index contributed by atoms with van der Waals surface area (Å²) in [6, 6.07) is 13.4. The Morgan fingerprint density at radius 1 is 1.11 bits per heavy atom. The lowest BCUT2D eigenvalue weighted by molar-refractivity contribution is 0.0993. The van der Waals surface area contributed by atoms with E-state index in [1.807, 2.05) is 12.1 Å². The summed E-state index contributed by atoms with van der Waals surface area (Å²) in [6.45, 7) is 2.11. The van der Waals surface area contributed by atoms with Crippen molar-refractivity contribution in [3.8, 4) is 0 Å². The Morgan fingerprint density at radius 2 is 1.74 bits per heavy atom. The molecule has 0 radical (unpaired) electrons. The number of carbonyl (C=O) groups excluding carboxylic acids is 1. The first kappa shape index (κ1) is 14.3. The molecule has 3 heteroatoms. The number of Topliss-reactive ketones (excluding diaryl/α,β-unsaturated/α-hetero) is 1. The van der Waals surface area contributed by atoms with Crippen LogP contribution in [0.15, 0.2) is 46.9 Å². The summed E-state index contributed by atoms with van der Waals surface area (Å²) < 4.78 is 0.824. The fourth-order valence-electron chi connectivity index (χ4n) is 1.90. The van der Waals surface area contributed by atoms with E-state index in [1.54, 1.807) is 18.2 Å². The molecule has 19 heavy (non-hydrogen) atoms. The number of halogens is 2. The molecule has 0 saturated heterocycles. The molecule has 0 heterocycles. The summed E-state index contributed by atoms with van der Waals surface area (Å²) in [5.74, 6) is 0.0763. The Kier molecular flexibility index (Phi) is 4.78. The van der Waals surface area contributed by atoms with E-state index < -0.39 is 0 Å². The Labute approximate surface area is 126 Å². The highest BCUT2D eigenvalue weighted by Crippen LogP contribution is 2.21. The predicted octanol–water partition coefficient (Wildman–Crippen LogP) is 5.09. The lowest BCUT2D eigenvalue weighted by Gasteiger charge is -2.04. The Balaban J connectivity index is 2.15. The van der Waals surface area contributed by atoms with Gasteiger partial charge in [0.05, 0.1) is 0 Å². The van der Waals surface area contributed by atoms with Gasteiger partial charge >= 0.3 is 0 Å². The zero-order valence-electron chi connectivity index (χ0n) is 10.6. The molecule has 98 valence electrons. The second-order valence-corrected chi connectivity index (χ2v) is 5.78. The van der Waals surface area contributed by atoms with E-state index in [9.17, 15) is 4.79 Å². The zero-order valence-corrected chi connectivity index (χ0v) is 13.0. The molecule has 0 atom stereocenters. The van der Waals surface area contributed by atoms with Gasteiger partial charge < -0.3 is 0 Å². The largest absolute Gasteiger partial charge is 0.294 e.